The van der Waals surface area contributed by atoms with Crippen LogP contribution in [0, 0.1) is 0 Å². The fraction of sp³-hybridized carbons (Fsp3) is 0.800. The monoisotopic (exact) mass is 244 g/mol. The standard InChI is InChI=1S/C10H20N4OS/c1-9(2,11)6-16-5-7-13-8(14-15-7)10(3,4)12/h5-6,11-12H2,1-4H3. The first kappa shape index (κ1) is 13.5. The molecule has 16 heavy (non-hydrogen) atoms. The van der Waals surface area contributed by atoms with Gasteiger partial charge >= 0.3 is 0 Å². The molecule has 0 radical (unpaired) electrons. The molecule has 1 aromatic heterocycles. The van der Waals surface area contributed by atoms with E-state index in [-0.39, 0.29) is 5.54 Å². The Morgan fingerprint density at radius 2 is 1.88 bits per heavy atom. The SMILES string of the molecule is CC(C)(N)CSCc1nc(C(C)(C)N)no1. The molecule has 92 valence electrons. The number of thioether (sulfide) groups is 1. The van der Waals surface area contributed by atoms with Gasteiger partial charge in [0.25, 0.3) is 0 Å². The summed E-state index contributed by atoms with van der Waals surface area (Å²) in [6.07, 6.45) is 0. The van der Waals surface area contributed by atoms with Crippen LogP contribution in [0.3, 0.4) is 0 Å². The van der Waals surface area contributed by atoms with E-state index in [0.29, 0.717) is 17.5 Å². The van der Waals surface area contributed by atoms with Crippen LogP contribution in [0.1, 0.15) is 39.4 Å². The van der Waals surface area contributed by atoms with Crippen molar-refractivity contribution in [1.82, 2.24) is 10.1 Å². The highest BCUT2D eigenvalue weighted by Crippen LogP contribution is 2.18. The van der Waals surface area contributed by atoms with Crippen molar-refractivity contribution in [3.8, 4) is 0 Å². The summed E-state index contributed by atoms with van der Waals surface area (Å²) < 4.78 is 5.10. The van der Waals surface area contributed by atoms with Gasteiger partial charge in [-0.3, -0.25) is 0 Å². The molecular weight excluding hydrogens is 224 g/mol. The van der Waals surface area contributed by atoms with Crippen LogP contribution in [0.15, 0.2) is 4.52 Å². The number of nitrogens with zero attached hydrogens (tertiary/aromatic N) is 2. The lowest BCUT2D eigenvalue weighted by Crippen LogP contribution is -2.34. The zero-order valence-corrected chi connectivity index (χ0v) is 11.1. The van der Waals surface area contributed by atoms with Crippen molar-refractivity contribution < 1.29 is 4.52 Å². The lowest BCUT2D eigenvalue weighted by molar-refractivity contribution is 0.369. The predicted octanol–water partition coefficient (Wildman–Crippen LogP) is 1.23. The lowest BCUT2D eigenvalue weighted by atomic mass is 10.1. The molecule has 0 bridgehead atoms. The van der Waals surface area contributed by atoms with Crippen molar-refractivity contribution >= 4 is 11.8 Å². The van der Waals surface area contributed by atoms with Crippen molar-refractivity contribution in [2.45, 2.75) is 44.5 Å². The van der Waals surface area contributed by atoms with Crippen LogP contribution in [0.4, 0.5) is 0 Å². The van der Waals surface area contributed by atoms with Gasteiger partial charge < -0.3 is 16.0 Å². The van der Waals surface area contributed by atoms with E-state index in [2.05, 4.69) is 10.1 Å². The first-order valence-corrected chi connectivity index (χ1v) is 6.32. The summed E-state index contributed by atoms with van der Waals surface area (Å²) in [6, 6.07) is 0. The molecule has 0 amide bonds. The average Bonchev–Trinajstić information content (AvgIpc) is 2.49. The van der Waals surface area contributed by atoms with Gasteiger partial charge in [0.2, 0.25) is 5.89 Å². The van der Waals surface area contributed by atoms with Crippen LogP contribution in [-0.4, -0.2) is 21.4 Å². The molecule has 0 spiro atoms. The highest BCUT2D eigenvalue weighted by molar-refractivity contribution is 7.98. The maximum atomic E-state index is 5.87. The van der Waals surface area contributed by atoms with Gasteiger partial charge in [-0.15, -0.1) is 0 Å². The third kappa shape index (κ3) is 4.51. The summed E-state index contributed by atoms with van der Waals surface area (Å²) in [5.74, 6) is 2.65. The van der Waals surface area contributed by atoms with Gasteiger partial charge in [0, 0.05) is 11.3 Å². The van der Waals surface area contributed by atoms with Gasteiger partial charge in [0.1, 0.15) is 0 Å². The van der Waals surface area contributed by atoms with Gasteiger partial charge in [-0.05, 0) is 27.7 Å². The quantitative estimate of drug-likeness (QED) is 0.809. The molecule has 1 aromatic rings. The first-order chi connectivity index (χ1) is 7.18. The minimum Gasteiger partial charge on any atom is -0.338 e. The Kier molecular flexibility index (Phi) is 3.98. The molecule has 6 heteroatoms. The second-order valence-corrected chi connectivity index (χ2v) is 6.20. The Morgan fingerprint density at radius 3 is 2.31 bits per heavy atom. The Bertz CT molecular complexity index is 337. The van der Waals surface area contributed by atoms with E-state index in [4.69, 9.17) is 16.0 Å². The van der Waals surface area contributed by atoms with Gasteiger partial charge in [0.15, 0.2) is 5.82 Å². The van der Waals surface area contributed by atoms with Crippen LogP contribution in [0.5, 0.6) is 0 Å². The Labute approximate surface area is 100 Å². The molecular formula is C10H20N4OS. The van der Waals surface area contributed by atoms with E-state index < -0.39 is 5.54 Å². The van der Waals surface area contributed by atoms with Crippen molar-refractivity contribution in [3.63, 3.8) is 0 Å². The molecule has 1 rings (SSSR count). The van der Waals surface area contributed by atoms with Gasteiger partial charge in [0.05, 0.1) is 11.3 Å². The first-order valence-electron chi connectivity index (χ1n) is 5.17. The Morgan fingerprint density at radius 1 is 1.25 bits per heavy atom. The molecule has 0 atom stereocenters. The van der Waals surface area contributed by atoms with Crippen LogP contribution in [0.25, 0.3) is 0 Å². The maximum absolute atomic E-state index is 5.87. The molecule has 5 nitrogen and oxygen atoms in total. The van der Waals surface area contributed by atoms with Crippen molar-refractivity contribution in [2.24, 2.45) is 11.5 Å². The van der Waals surface area contributed by atoms with Crippen LogP contribution in [0.2, 0.25) is 0 Å². The summed E-state index contributed by atoms with van der Waals surface area (Å²) in [6.45, 7) is 7.67. The molecule has 0 aromatic carbocycles. The highest BCUT2D eigenvalue weighted by Gasteiger charge is 2.21. The van der Waals surface area contributed by atoms with Crippen LogP contribution >= 0.6 is 11.8 Å². The minimum atomic E-state index is -0.556. The molecule has 0 saturated carbocycles. The molecule has 0 aliphatic carbocycles. The molecule has 0 saturated heterocycles. The predicted molar refractivity (Wildman–Crippen MR) is 65.9 cm³/mol. The van der Waals surface area contributed by atoms with Gasteiger partial charge in [-0.1, -0.05) is 5.16 Å². The zero-order chi connectivity index (χ0) is 12.4. The van der Waals surface area contributed by atoms with Gasteiger partial charge in [-0.25, -0.2) is 0 Å². The van der Waals surface area contributed by atoms with E-state index in [0.717, 1.165) is 5.75 Å². The summed E-state index contributed by atoms with van der Waals surface area (Å²) in [7, 11) is 0. The van der Waals surface area contributed by atoms with Crippen molar-refractivity contribution in [1.29, 1.82) is 0 Å². The van der Waals surface area contributed by atoms with E-state index in [1.807, 2.05) is 27.7 Å². The van der Waals surface area contributed by atoms with Crippen LogP contribution in [-0.2, 0) is 11.3 Å². The smallest absolute Gasteiger partial charge is 0.236 e. The largest absolute Gasteiger partial charge is 0.338 e. The molecule has 0 unspecified atom stereocenters. The highest BCUT2D eigenvalue weighted by atomic mass is 32.2. The average molecular weight is 244 g/mol. The Hall–Kier alpha value is -0.590. The number of rotatable bonds is 5. The van der Waals surface area contributed by atoms with E-state index in [1.54, 1.807) is 11.8 Å². The third-order valence-corrected chi connectivity index (χ3v) is 3.14. The molecule has 0 aliphatic rings. The van der Waals surface area contributed by atoms with Crippen molar-refractivity contribution in [3.05, 3.63) is 11.7 Å². The van der Waals surface area contributed by atoms with E-state index in [9.17, 15) is 0 Å². The number of nitrogens with two attached hydrogens (primary N) is 2. The molecule has 1 heterocycles. The second kappa shape index (κ2) is 4.73. The van der Waals surface area contributed by atoms with E-state index in [1.165, 1.54) is 0 Å². The second-order valence-electron chi connectivity index (χ2n) is 5.21. The van der Waals surface area contributed by atoms with Crippen molar-refractivity contribution in [2.75, 3.05) is 5.75 Å². The fourth-order valence-electron chi connectivity index (χ4n) is 0.977. The lowest BCUT2D eigenvalue weighted by Gasteiger charge is -2.16. The van der Waals surface area contributed by atoms with E-state index >= 15 is 0 Å². The molecule has 0 fully saturated rings. The minimum absolute atomic E-state index is 0.180. The maximum Gasteiger partial charge on any atom is 0.236 e. The zero-order valence-electron chi connectivity index (χ0n) is 10.3. The Balaban J connectivity index is 2.48. The summed E-state index contributed by atoms with van der Waals surface area (Å²) in [5.41, 5.74) is 11.0. The normalized spacial score (nSPS) is 13.1. The molecule has 0 aliphatic heterocycles. The fourth-order valence-corrected chi connectivity index (χ4v) is 1.90. The number of hydrogen-bond donors (Lipinski definition) is 2. The summed E-state index contributed by atoms with van der Waals surface area (Å²) >= 11 is 1.68. The summed E-state index contributed by atoms with van der Waals surface area (Å²) in [5, 5.41) is 3.85. The topological polar surface area (TPSA) is 91.0 Å². The summed E-state index contributed by atoms with van der Waals surface area (Å²) in [4.78, 5) is 4.24. The van der Waals surface area contributed by atoms with Gasteiger partial charge in [-0.2, -0.15) is 16.7 Å². The third-order valence-electron chi connectivity index (χ3n) is 1.74. The molecule has 4 N–H and O–H groups in total. The number of hydrogen-bond acceptors (Lipinski definition) is 6. The van der Waals surface area contributed by atoms with Crippen LogP contribution < -0.4 is 11.5 Å². The number of aromatic nitrogens is 2.